The minimum Gasteiger partial charge on any atom is -0.350 e. The molecule has 1 aliphatic rings. The number of fused-ring (bicyclic) bond motifs is 1. The monoisotopic (exact) mass is 614 g/mol. The van der Waals surface area contributed by atoms with E-state index >= 15 is 0 Å². The number of anilines is 1. The lowest BCUT2D eigenvalue weighted by Crippen LogP contribution is -2.57. The zero-order chi connectivity index (χ0) is 30.7. The number of aromatic nitrogens is 4. The average Bonchev–Trinajstić information content (AvgIpc) is 3.64. The van der Waals surface area contributed by atoms with Gasteiger partial charge < -0.3 is 15.5 Å². The fourth-order valence-electron chi connectivity index (χ4n) is 5.10. The van der Waals surface area contributed by atoms with Gasteiger partial charge in [0.2, 0.25) is 5.91 Å². The smallest absolute Gasteiger partial charge is 0.350 e. The quantitative estimate of drug-likeness (QED) is 0.260. The highest BCUT2D eigenvalue weighted by Crippen LogP contribution is 2.32. The van der Waals surface area contributed by atoms with Crippen LogP contribution in [0.1, 0.15) is 37.6 Å². The summed E-state index contributed by atoms with van der Waals surface area (Å²) in [4.78, 5) is 40.4. The summed E-state index contributed by atoms with van der Waals surface area (Å²) >= 11 is 1.55. The Kier molecular flexibility index (Phi) is 8.97. The molecule has 0 aromatic carbocycles. The molecule has 5 heterocycles. The van der Waals surface area contributed by atoms with Gasteiger partial charge in [0.25, 0.3) is 5.91 Å². The van der Waals surface area contributed by atoms with Crippen LogP contribution in [-0.2, 0) is 4.79 Å². The number of pyridine rings is 1. The second kappa shape index (κ2) is 12.7. The molecule has 1 saturated heterocycles. The van der Waals surface area contributed by atoms with Crippen molar-refractivity contribution in [3.05, 3.63) is 53.7 Å². The molecule has 2 unspecified atom stereocenters. The molecule has 0 saturated carbocycles. The molecule has 228 valence electrons. The average molecular weight is 615 g/mol. The van der Waals surface area contributed by atoms with Crippen LogP contribution in [0.15, 0.2) is 48.1 Å². The van der Waals surface area contributed by atoms with E-state index in [2.05, 4.69) is 29.2 Å². The lowest BCUT2D eigenvalue weighted by Gasteiger charge is -2.41. The zero-order valence-corrected chi connectivity index (χ0v) is 24.9. The Labute approximate surface area is 250 Å². The Balaban J connectivity index is 1.49. The Hall–Kier alpha value is -4.04. The summed E-state index contributed by atoms with van der Waals surface area (Å²) in [6, 6.07) is 8.26. The number of rotatable bonds is 11. The third kappa shape index (κ3) is 6.80. The van der Waals surface area contributed by atoms with Crippen LogP contribution in [0.2, 0.25) is 0 Å². The first-order valence-electron chi connectivity index (χ1n) is 14.1. The van der Waals surface area contributed by atoms with Gasteiger partial charge in [0.15, 0.2) is 5.65 Å². The topological polar surface area (TPSA) is 108 Å². The molecule has 0 radical (unpaired) electrons. The van der Waals surface area contributed by atoms with E-state index in [1.165, 1.54) is 0 Å². The Bertz CT molecular complexity index is 1590. The molecule has 4 aromatic heterocycles. The van der Waals surface area contributed by atoms with Gasteiger partial charge in [-0.05, 0) is 56.1 Å². The van der Waals surface area contributed by atoms with E-state index in [0.717, 1.165) is 23.7 Å². The number of nitrogens with zero attached hydrogens (tertiary/aromatic N) is 6. The lowest BCUT2D eigenvalue weighted by molar-refractivity contribution is -0.139. The number of hydrogen-bond acceptors (Lipinski definition) is 8. The highest BCUT2D eigenvalue weighted by molar-refractivity contribution is 7.13. The van der Waals surface area contributed by atoms with Gasteiger partial charge in [0.05, 0.1) is 28.0 Å². The molecular weight excluding hydrogens is 581 g/mol. The number of nitrogens with one attached hydrogen (secondary N) is 2. The van der Waals surface area contributed by atoms with E-state index in [4.69, 9.17) is 9.97 Å². The standard InChI is InChI=1S/C29H33F3N8O2S/c1-4-38(5-2)18(3)15-33-27(41)19-13-22(20-16-35-40-11-8-21(37-26(20)40)24-7-6-12-43-24)36-25(14-19)39-10-9-23(39)28(42)34-17-29(30,31)32/h6-8,11-14,16,18,23H,4-5,9-10,15,17H2,1-3H3,(H,33,41)(H,34,42). The van der Waals surface area contributed by atoms with Crippen LogP contribution < -0.4 is 15.5 Å². The van der Waals surface area contributed by atoms with E-state index in [1.807, 2.05) is 35.8 Å². The number of halogens is 3. The first-order chi connectivity index (χ1) is 20.6. The summed E-state index contributed by atoms with van der Waals surface area (Å²) in [6.45, 7) is 7.26. The summed E-state index contributed by atoms with van der Waals surface area (Å²) in [5.74, 6) is -0.758. The minimum absolute atomic E-state index is 0.108. The van der Waals surface area contributed by atoms with E-state index in [-0.39, 0.29) is 11.9 Å². The molecule has 10 nitrogen and oxygen atoms in total. The van der Waals surface area contributed by atoms with Crippen LogP contribution in [0, 0.1) is 0 Å². The van der Waals surface area contributed by atoms with Crippen molar-refractivity contribution in [3.8, 4) is 21.8 Å². The van der Waals surface area contributed by atoms with Gasteiger partial charge >= 0.3 is 6.18 Å². The maximum atomic E-state index is 13.4. The van der Waals surface area contributed by atoms with Crippen molar-refractivity contribution in [2.45, 2.75) is 45.5 Å². The molecule has 1 aliphatic heterocycles. The van der Waals surface area contributed by atoms with Crippen LogP contribution >= 0.6 is 11.3 Å². The van der Waals surface area contributed by atoms with Crippen molar-refractivity contribution in [2.75, 3.05) is 37.6 Å². The molecular formula is C29H33F3N8O2S. The van der Waals surface area contributed by atoms with Crippen molar-refractivity contribution >= 4 is 34.6 Å². The highest BCUT2D eigenvalue weighted by atomic mass is 32.1. The number of thiophene rings is 1. The first kappa shape index (κ1) is 30.4. The van der Waals surface area contributed by atoms with Crippen LogP contribution in [0.5, 0.6) is 0 Å². The molecule has 2 N–H and O–H groups in total. The van der Waals surface area contributed by atoms with E-state index < -0.39 is 24.7 Å². The fourth-order valence-corrected chi connectivity index (χ4v) is 5.80. The molecule has 1 fully saturated rings. The summed E-state index contributed by atoms with van der Waals surface area (Å²) in [5, 5.41) is 11.3. The number of carbonyl (C=O) groups excluding carboxylic acids is 2. The first-order valence-corrected chi connectivity index (χ1v) is 15.0. The van der Waals surface area contributed by atoms with Crippen LogP contribution in [-0.4, -0.2) is 87.3 Å². The van der Waals surface area contributed by atoms with Crippen molar-refractivity contribution in [3.63, 3.8) is 0 Å². The SMILES string of the molecule is CCN(CC)C(C)CNC(=O)c1cc(-c2cnn3ccc(-c4cccs4)nc23)nc(N2CCC2C(=O)NCC(F)(F)F)c1. The highest BCUT2D eigenvalue weighted by Gasteiger charge is 2.38. The van der Waals surface area contributed by atoms with Gasteiger partial charge in [-0.2, -0.15) is 18.3 Å². The molecule has 5 rings (SSSR count). The van der Waals surface area contributed by atoms with E-state index in [1.54, 1.807) is 45.3 Å². The molecule has 4 aromatic rings. The molecule has 14 heteroatoms. The second-order valence-electron chi connectivity index (χ2n) is 10.3. The molecule has 2 amide bonds. The summed E-state index contributed by atoms with van der Waals surface area (Å²) in [5.41, 5.74) is 2.57. The minimum atomic E-state index is -4.52. The van der Waals surface area contributed by atoms with Gasteiger partial charge in [-0.1, -0.05) is 19.9 Å². The maximum Gasteiger partial charge on any atom is 0.405 e. The maximum absolute atomic E-state index is 13.4. The Morgan fingerprint density at radius 1 is 1.14 bits per heavy atom. The van der Waals surface area contributed by atoms with E-state index in [9.17, 15) is 22.8 Å². The zero-order valence-electron chi connectivity index (χ0n) is 24.1. The molecule has 43 heavy (non-hydrogen) atoms. The number of hydrogen-bond donors (Lipinski definition) is 2. The number of alkyl halides is 3. The van der Waals surface area contributed by atoms with Gasteiger partial charge in [0.1, 0.15) is 18.4 Å². The summed E-state index contributed by atoms with van der Waals surface area (Å²) < 4.78 is 39.8. The molecule has 0 aliphatic carbocycles. The largest absolute Gasteiger partial charge is 0.405 e. The number of carbonyl (C=O) groups is 2. The van der Waals surface area contributed by atoms with Crippen molar-refractivity contribution in [1.29, 1.82) is 0 Å². The van der Waals surface area contributed by atoms with Crippen LogP contribution in [0.4, 0.5) is 19.0 Å². The van der Waals surface area contributed by atoms with Crippen molar-refractivity contribution < 1.29 is 22.8 Å². The summed E-state index contributed by atoms with van der Waals surface area (Å²) in [7, 11) is 0. The van der Waals surface area contributed by atoms with Gasteiger partial charge in [0, 0.05) is 30.9 Å². The third-order valence-electron chi connectivity index (χ3n) is 7.57. The number of likely N-dealkylation sites (N-methyl/N-ethyl adjacent to an activating group) is 1. The Morgan fingerprint density at radius 2 is 1.93 bits per heavy atom. The Morgan fingerprint density at radius 3 is 2.58 bits per heavy atom. The van der Waals surface area contributed by atoms with Crippen molar-refractivity contribution in [1.82, 2.24) is 35.1 Å². The number of amides is 2. The normalized spacial score (nSPS) is 15.9. The summed E-state index contributed by atoms with van der Waals surface area (Å²) in [6.07, 6.45) is -0.751. The molecule has 0 spiro atoms. The predicted molar refractivity (Wildman–Crippen MR) is 159 cm³/mol. The third-order valence-corrected chi connectivity index (χ3v) is 8.46. The molecule has 0 bridgehead atoms. The fraction of sp³-hybridized carbons (Fsp3) is 0.414. The van der Waals surface area contributed by atoms with Crippen molar-refractivity contribution in [2.24, 2.45) is 0 Å². The van der Waals surface area contributed by atoms with Crippen LogP contribution in [0.25, 0.3) is 27.5 Å². The van der Waals surface area contributed by atoms with Crippen LogP contribution in [0.3, 0.4) is 0 Å². The van der Waals surface area contributed by atoms with Gasteiger partial charge in [-0.3, -0.25) is 14.5 Å². The van der Waals surface area contributed by atoms with Gasteiger partial charge in [-0.25, -0.2) is 14.5 Å². The second-order valence-corrected chi connectivity index (χ2v) is 11.3. The molecule has 2 atom stereocenters. The van der Waals surface area contributed by atoms with Gasteiger partial charge in [-0.15, -0.1) is 11.3 Å². The lowest BCUT2D eigenvalue weighted by atomic mass is 10.0. The van der Waals surface area contributed by atoms with E-state index in [0.29, 0.717) is 47.8 Å². The predicted octanol–water partition coefficient (Wildman–Crippen LogP) is 4.24.